The summed E-state index contributed by atoms with van der Waals surface area (Å²) in [4.78, 5) is 25.9. The minimum atomic E-state index is -0.480. The molecule has 0 aromatic heterocycles. The second-order valence-electron chi connectivity index (χ2n) is 5.58. The Morgan fingerprint density at radius 1 is 1.40 bits per heavy atom. The van der Waals surface area contributed by atoms with E-state index in [1.54, 1.807) is 18.0 Å². The van der Waals surface area contributed by atoms with E-state index >= 15 is 0 Å². The summed E-state index contributed by atoms with van der Waals surface area (Å²) in [6.45, 7) is 2.99. The summed E-state index contributed by atoms with van der Waals surface area (Å²) in [6, 6.07) is 7.38. The van der Waals surface area contributed by atoms with Crippen molar-refractivity contribution in [2.45, 2.75) is 19.8 Å². The lowest BCUT2D eigenvalue weighted by Crippen LogP contribution is -2.40. The summed E-state index contributed by atoms with van der Waals surface area (Å²) < 4.78 is 0. The number of hydrogen-bond donors (Lipinski definition) is 2. The smallest absolute Gasteiger partial charge is 0.227 e. The van der Waals surface area contributed by atoms with Gasteiger partial charge in [0.05, 0.1) is 11.8 Å². The number of amides is 2. The number of hydrogen-bond acceptors (Lipinski definition) is 3. The van der Waals surface area contributed by atoms with E-state index in [-0.39, 0.29) is 18.2 Å². The topological polar surface area (TPSA) is 75.4 Å². The van der Waals surface area contributed by atoms with Crippen LogP contribution in [0.25, 0.3) is 0 Å². The zero-order valence-electron chi connectivity index (χ0n) is 12.0. The fourth-order valence-electron chi connectivity index (χ4n) is 2.63. The number of anilines is 1. The van der Waals surface area contributed by atoms with Crippen molar-refractivity contribution in [3.05, 3.63) is 29.8 Å². The van der Waals surface area contributed by atoms with Crippen LogP contribution in [0.3, 0.4) is 0 Å². The van der Waals surface area contributed by atoms with Crippen LogP contribution in [-0.2, 0) is 16.0 Å². The number of para-hydroxylation sites is 1. The van der Waals surface area contributed by atoms with Crippen LogP contribution in [0.1, 0.15) is 18.9 Å². The zero-order valence-corrected chi connectivity index (χ0v) is 12.0. The Morgan fingerprint density at radius 2 is 2.10 bits per heavy atom. The van der Waals surface area contributed by atoms with Crippen LogP contribution in [0, 0.1) is 5.41 Å². The molecule has 1 aliphatic heterocycles. The molecule has 0 radical (unpaired) electrons. The van der Waals surface area contributed by atoms with Crippen molar-refractivity contribution in [1.82, 2.24) is 10.2 Å². The van der Waals surface area contributed by atoms with Gasteiger partial charge in [-0.1, -0.05) is 18.2 Å². The van der Waals surface area contributed by atoms with E-state index in [2.05, 4.69) is 5.32 Å². The first-order chi connectivity index (χ1) is 9.46. The zero-order chi connectivity index (χ0) is 14.8. The average Bonchev–Trinajstić information content (AvgIpc) is 2.84. The SMILES string of the molecule is CNC(=O)C1(C)CCN(C(=O)Cc2ccccc2N)C1. The molecule has 0 saturated carbocycles. The highest BCUT2D eigenvalue weighted by Crippen LogP contribution is 2.30. The molecule has 1 fully saturated rings. The first-order valence-electron chi connectivity index (χ1n) is 6.79. The van der Waals surface area contributed by atoms with Crippen LogP contribution in [0.2, 0.25) is 0 Å². The Morgan fingerprint density at radius 3 is 2.75 bits per heavy atom. The summed E-state index contributed by atoms with van der Waals surface area (Å²) >= 11 is 0. The molecule has 1 aromatic carbocycles. The lowest BCUT2D eigenvalue weighted by molar-refractivity contribution is -0.132. The molecule has 1 heterocycles. The summed E-state index contributed by atoms with van der Waals surface area (Å²) in [5.41, 5.74) is 6.85. The third-order valence-corrected chi connectivity index (χ3v) is 4.00. The predicted molar refractivity (Wildman–Crippen MR) is 77.9 cm³/mol. The Hall–Kier alpha value is -2.04. The van der Waals surface area contributed by atoms with Crippen LogP contribution in [0.5, 0.6) is 0 Å². The molecule has 1 atom stereocenters. The van der Waals surface area contributed by atoms with Gasteiger partial charge in [0.25, 0.3) is 0 Å². The third kappa shape index (κ3) is 2.76. The van der Waals surface area contributed by atoms with Gasteiger partial charge < -0.3 is 16.0 Å². The molecule has 5 nitrogen and oxygen atoms in total. The van der Waals surface area contributed by atoms with Crippen LogP contribution in [0.15, 0.2) is 24.3 Å². The van der Waals surface area contributed by atoms with Gasteiger partial charge >= 0.3 is 0 Å². The van der Waals surface area contributed by atoms with E-state index in [9.17, 15) is 9.59 Å². The Labute approximate surface area is 119 Å². The van der Waals surface area contributed by atoms with Gasteiger partial charge in [0.15, 0.2) is 0 Å². The lowest BCUT2D eigenvalue weighted by Gasteiger charge is -2.23. The molecule has 0 bridgehead atoms. The van der Waals surface area contributed by atoms with Gasteiger partial charge in [-0.15, -0.1) is 0 Å². The van der Waals surface area contributed by atoms with Crippen molar-refractivity contribution in [2.75, 3.05) is 25.9 Å². The number of nitrogens with two attached hydrogens (primary N) is 1. The molecule has 2 amide bonds. The minimum Gasteiger partial charge on any atom is -0.398 e. The van der Waals surface area contributed by atoms with Gasteiger partial charge in [-0.3, -0.25) is 9.59 Å². The van der Waals surface area contributed by atoms with Crippen molar-refractivity contribution < 1.29 is 9.59 Å². The second-order valence-corrected chi connectivity index (χ2v) is 5.58. The minimum absolute atomic E-state index is 0.00738. The highest BCUT2D eigenvalue weighted by Gasteiger charge is 2.41. The van der Waals surface area contributed by atoms with Crippen molar-refractivity contribution in [3.63, 3.8) is 0 Å². The van der Waals surface area contributed by atoms with E-state index in [1.165, 1.54) is 0 Å². The van der Waals surface area contributed by atoms with E-state index in [0.29, 0.717) is 25.2 Å². The number of rotatable bonds is 3. The van der Waals surface area contributed by atoms with Crippen LogP contribution in [0.4, 0.5) is 5.69 Å². The van der Waals surface area contributed by atoms with Crippen molar-refractivity contribution in [1.29, 1.82) is 0 Å². The van der Waals surface area contributed by atoms with E-state index < -0.39 is 5.41 Å². The molecule has 3 N–H and O–H groups in total. The van der Waals surface area contributed by atoms with Gasteiger partial charge in [-0.25, -0.2) is 0 Å². The van der Waals surface area contributed by atoms with Crippen molar-refractivity contribution in [2.24, 2.45) is 5.41 Å². The molecular weight excluding hydrogens is 254 g/mol. The van der Waals surface area contributed by atoms with E-state index in [1.807, 2.05) is 25.1 Å². The standard InChI is InChI=1S/C15H21N3O2/c1-15(14(20)17-2)7-8-18(10-15)13(19)9-11-5-3-4-6-12(11)16/h3-6H,7-10,16H2,1-2H3,(H,17,20). The Bertz CT molecular complexity index is 530. The quantitative estimate of drug-likeness (QED) is 0.801. The van der Waals surface area contributed by atoms with Gasteiger partial charge in [-0.05, 0) is 25.0 Å². The van der Waals surface area contributed by atoms with E-state index in [0.717, 1.165) is 5.56 Å². The maximum atomic E-state index is 12.3. The number of carbonyl (C=O) groups excluding carboxylic acids is 2. The number of nitrogens with zero attached hydrogens (tertiary/aromatic N) is 1. The molecule has 20 heavy (non-hydrogen) atoms. The van der Waals surface area contributed by atoms with Crippen molar-refractivity contribution in [3.8, 4) is 0 Å². The monoisotopic (exact) mass is 275 g/mol. The highest BCUT2D eigenvalue weighted by molar-refractivity contribution is 5.85. The number of benzene rings is 1. The van der Waals surface area contributed by atoms with Gasteiger partial charge in [0.2, 0.25) is 11.8 Å². The second kappa shape index (κ2) is 5.53. The lowest BCUT2D eigenvalue weighted by atomic mass is 9.89. The Kier molecular flexibility index (Phi) is 3.97. The maximum Gasteiger partial charge on any atom is 0.227 e. The molecule has 1 saturated heterocycles. The average molecular weight is 275 g/mol. The first kappa shape index (κ1) is 14.4. The number of nitrogens with one attached hydrogen (secondary N) is 1. The Balaban J connectivity index is 2.02. The maximum absolute atomic E-state index is 12.3. The van der Waals surface area contributed by atoms with Gasteiger partial charge in [0.1, 0.15) is 0 Å². The number of nitrogen functional groups attached to an aromatic ring is 1. The summed E-state index contributed by atoms with van der Waals surface area (Å²) in [6.07, 6.45) is 0.985. The molecule has 1 unspecified atom stereocenters. The number of likely N-dealkylation sites (tertiary alicyclic amines) is 1. The molecule has 0 spiro atoms. The molecule has 2 rings (SSSR count). The van der Waals surface area contributed by atoms with Crippen LogP contribution in [-0.4, -0.2) is 36.9 Å². The fourth-order valence-corrected chi connectivity index (χ4v) is 2.63. The molecule has 108 valence electrons. The van der Waals surface area contributed by atoms with Gasteiger partial charge in [0, 0.05) is 25.8 Å². The van der Waals surface area contributed by atoms with E-state index in [4.69, 9.17) is 5.73 Å². The highest BCUT2D eigenvalue weighted by atomic mass is 16.2. The third-order valence-electron chi connectivity index (χ3n) is 4.00. The molecule has 1 aliphatic rings. The van der Waals surface area contributed by atoms with Crippen LogP contribution < -0.4 is 11.1 Å². The summed E-state index contributed by atoms with van der Waals surface area (Å²) in [5, 5.41) is 2.67. The molecule has 0 aliphatic carbocycles. The summed E-state index contributed by atoms with van der Waals surface area (Å²) in [7, 11) is 1.63. The largest absolute Gasteiger partial charge is 0.398 e. The molecule has 1 aromatic rings. The first-order valence-corrected chi connectivity index (χ1v) is 6.79. The number of carbonyl (C=O) groups is 2. The van der Waals surface area contributed by atoms with Crippen LogP contribution >= 0.6 is 0 Å². The van der Waals surface area contributed by atoms with Crippen molar-refractivity contribution >= 4 is 17.5 Å². The molecule has 5 heteroatoms. The molecular formula is C15H21N3O2. The normalized spacial score (nSPS) is 21.8. The summed E-state index contributed by atoms with van der Waals surface area (Å²) in [5.74, 6) is 0.0163. The fraction of sp³-hybridized carbons (Fsp3) is 0.467. The predicted octanol–water partition coefficient (Wildman–Crippen LogP) is 0.796. The van der Waals surface area contributed by atoms with Gasteiger partial charge in [-0.2, -0.15) is 0 Å².